The van der Waals surface area contributed by atoms with E-state index in [1.54, 1.807) is 0 Å². The average Bonchev–Trinajstić information content (AvgIpc) is 2.62. The predicted octanol–water partition coefficient (Wildman–Crippen LogP) is 3.57. The van der Waals surface area contributed by atoms with Crippen molar-refractivity contribution in [1.29, 1.82) is 0 Å². The van der Waals surface area contributed by atoms with Crippen LogP contribution in [0.4, 0.5) is 11.4 Å². The topological polar surface area (TPSA) is 54.7 Å². The summed E-state index contributed by atoms with van der Waals surface area (Å²) in [6, 6.07) is 17.4. The van der Waals surface area contributed by atoms with Crippen LogP contribution in [-0.4, -0.2) is 13.1 Å². The molecule has 24 heavy (non-hydrogen) atoms. The highest BCUT2D eigenvalue weighted by Gasteiger charge is 2.11. The minimum atomic E-state index is 0.725. The SMILES string of the molecule is CCCCC(CCc1ccccc1NCc1ccccc1N)[NH2+]C. The summed E-state index contributed by atoms with van der Waals surface area (Å²) in [5.74, 6) is 0. The van der Waals surface area contributed by atoms with E-state index in [2.05, 4.69) is 54.9 Å². The number of rotatable bonds is 10. The van der Waals surface area contributed by atoms with Gasteiger partial charge in [0.15, 0.2) is 0 Å². The molecule has 0 aliphatic rings. The van der Waals surface area contributed by atoms with Gasteiger partial charge in [0.25, 0.3) is 0 Å². The molecule has 0 saturated heterocycles. The zero-order valence-electron chi connectivity index (χ0n) is 15.1. The smallest absolute Gasteiger partial charge is 0.0860 e. The van der Waals surface area contributed by atoms with Crippen molar-refractivity contribution in [2.45, 2.75) is 51.6 Å². The van der Waals surface area contributed by atoms with Crippen LogP contribution < -0.4 is 16.4 Å². The lowest BCUT2D eigenvalue weighted by Gasteiger charge is -2.16. The monoisotopic (exact) mass is 326 g/mol. The van der Waals surface area contributed by atoms with Gasteiger partial charge in [0, 0.05) is 24.3 Å². The number of anilines is 2. The van der Waals surface area contributed by atoms with Gasteiger partial charge in [-0.05, 0) is 42.5 Å². The van der Waals surface area contributed by atoms with Gasteiger partial charge < -0.3 is 16.4 Å². The van der Waals surface area contributed by atoms with Crippen LogP contribution in [0.5, 0.6) is 0 Å². The van der Waals surface area contributed by atoms with Gasteiger partial charge in [0.05, 0.1) is 13.1 Å². The van der Waals surface area contributed by atoms with Crippen LogP contribution >= 0.6 is 0 Å². The Morgan fingerprint density at radius 3 is 2.42 bits per heavy atom. The lowest BCUT2D eigenvalue weighted by Crippen LogP contribution is -2.86. The summed E-state index contributed by atoms with van der Waals surface area (Å²) in [6.45, 7) is 3.03. The standard InChI is InChI=1S/C21H31N3/c1-3-4-11-19(23-2)15-14-17-9-6-8-13-21(17)24-16-18-10-5-7-12-20(18)22/h5-10,12-13,19,23-24H,3-4,11,14-16,22H2,1-2H3/p+1. The molecule has 0 aromatic heterocycles. The fourth-order valence-corrected chi connectivity index (χ4v) is 3.08. The van der Waals surface area contributed by atoms with Gasteiger partial charge >= 0.3 is 0 Å². The maximum Gasteiger partial charge on any atom is 0.0860 e. The highest BCUT2D eigenvalue weighted by molar-refractivity contribution is 5.54. The molecule has 2 aromatic rings. The molecule has 1 atom stereocenters. The zero-order chi connectivity index (χ0) is 17.2. The van der Waals surface area contributed by atoms with E-state index in [1.165, 1.54) is 36.9 Å². The molecule has 0 amide bonds. The molecule has 3 nitrogen and oxygen atoms in total. The van der Waals surface area contributed by atoms with Crippen LogP contribution in [0.15, 0.2) is 48.5 Å². The van der Waals surface area contributed by atoms with Gasteiger partial charge in [0.2, 0.25) is 0 Å². The largest absolute Gasteiger partial charge is 0.398 e. The van der Waals surface area contributed by atoms with Crippen LogP contribution in [-0.2, 0) is 13.0 Å². The van der Waals surface area contributed by atoms with Gasteiger partial charge in [-0.25, -0.2) is 0 Å². The van der Waals surface area contributed by atoms with Gasteiger partial charge in [0.1, 0.15) is 0 Å². The molecule has 2 rings (SSSR count). The van der Waals surface area contributed by atoms with Gasteiger partial charge in [-0.1, -0.05) is 49.7 Å². The highest BCUT2D eigenvalue weighted by Crippen LogP contribution is 2.20. The molecule has 5 N–H and O–H groups in total. The van der Waals surface area contributed by atoms with E-state index in [0.717, 1.165) is 30.3 Å². The van der Waals surface area contributed by atoms with Crippen LogP contribution in [0.3, 0.4) is 0 Å². The summed E-state index contributed by atoms with van der Waals surface area (Å²) < 4.78 is 0. The fraction of sp³-hybridized carbons (Fsp3) is 0.429. The summed E-state index contributed by atoms with van der Waals surface area (Å²) in [5.41, 5.74) is 10.7. The first-order valence-electron chi connectivity index (χ1n) is 9.19. The first kappa shape index (κ1) is 18.3. The minimum Gasteiger partial charge on any atom is -0.398 e. The number of unbranched alkanes of at least 4 members (excludes halogenated alkanes) is 1. The maximum atomic E-state index is 6.04. The normalized spacial score (nSPS) is 12.1. The Bertz CT molecular complexity index is 610. The molecule has 3 heteroatoms. The zero-order valence-corrected chi connectivity index (χ0v) is 15.1. The van der Waals surface area contributed by atoms with E-state index in [9.17, 15) is 0 Å². The molecular formula is C21H32N3+. The van der Waals surface area contributed by atoms with E-state index in [0.29, 0.717) is 0 Å². The Hall–Kier alpha value is -2.00. The van der Waals surface area contributed by atoms with Crippen molar-refractivity contribution < 1.29 is 5.32 Å². The first-order chi connectivity index (χ1) is 11.7. The molecule has 0 aliphatic heterocycles. The number of nitrogen functional groups attached to an aromatic ring is 1. The maximum absolute atomic E-state index is 6.04. The molecule has 0 heterocycles. The third kappa shape index (κ3) is 5.57. The number of aryl methyl sites for hydroxylation is 1. The summed E-state index contributed by atoms with van der Waals surface area (Å²) in [7, 11) is 2.20. The lowest BCUT2D eigenvalue weighted by atomic mass is 10.00. The van der Waals surface area contributed by atoms with E-state index in [4.69, 9.17) is 5.73 Å². The summed E-state index contributed by atoms with van der Waals surface area (Å²) in [6.07, 6.45) is 6.25. The molecular weight excluding hydrogens is 294 g/mol. The summed E-state index contributed by atoms with van der Waals surface area (Å²) in [5, 5.41) is 5.94. The van der Waals surface area contributed by atoms with E-state index in [1.807, 2.05) is 18.2 Å². The quantitative estimate of drug-likeness (QED) is 0.585. The Morgan fingerprint density at radius 2 is 1.71 bits per heavy atom. The third-order valence-corrected chi connectivity index (χ3v) is 4.73. The van der Waals surface area contributed by atoms with Crippen molar-refractivity contribution in [3.8, 4) is 0 Å². The predicted molar refractivity (Wildman–Crippen MR) is 104 cm³/mol. The van der Waals surface area contributed by atoms with Crippen LogP contribution in [0.25, 0.3) is 0 Å². The number of nitrogens with one attached hydrogen (secondary N) is 1. The number of hydrogen-bond donors (Lipinski definition) is 3. The van der Waals surface area contributed by atoms with Crippen LogP contribution in [0, 0.1) is 0 Å². The van der Waals surface area contributed by atoms with Crippen molar-refractivity contribution in [2.24, 2.45) is 0 Å². The molecule has 2 aromatic carbocycles. The Morgan fingerprint density at radius 1 is 1.00 bits per heavy atom. The molecule has 0 bridgehead atoms. The third-order valence-electron chi connectivity index (χ3n) is 4.73. The van der Waals surface area contributed by atoms with E-state index in [-0.39, 0.29) is 0 Å². The second-order valence-electron chi connectivity index (χ2n) is 6.48. The number of nitrogens with two attached hydrogens (primary N) is 2. The molecule has 0 aliphatic carbocycles. The fourth-order valence-electron chi connectivity index (χ4n) is 3.08. The van der Waals surface area contributed by atoms with Crippen LogP contribution in [0.1, 0.15) is 43.7 Å². The second kappa shape index (κ2) is 9.99. The molecule has 0 spiro atoms. The summed E-state index contributed by atoms with van der Waals surface area (Å²) in [4.78, 5) is 0. The van der Waals surface area contributed by atoms with E-state index < -0.39 is 0 Å². The minimum absolute atomic E-state index is 0.725. The van der Waals surface area contributed by atoms with Crippen molar-refractivity contribution >= 4 is 11.4 Å². The molecule has 1 unspecified atom stereocenters. The molecule has 0 saturated carbocycles. The van der Waals surface area contributed by atoms with Gasteiger partial charge in [-0.2, -0.15) is 0 Å². The highest BCUT2D eigenvalue weighted by atomic mass is 14.9. The number of benzene rings is 2. The van der Waals surface area contributed by atoms with Crippen molar-refractivity contribution in [2.75, 3.05) is 18.1 Å². The number of hydrogen-bond acceptors (Lipinski definition) is 2. The van der Waals surface area contributed by atoms with Crippen molar-refractivity contribution in [3.05, 3.63) is 59.7 Å². The second-order valence-corrected chi connectivity index (χ2v) is 6.48. The van der Waals surface area contributed by atoms with Crippen molar-refractivity contribution in [1.82, 2.24) is 0 Å². The Kier molecular flexibility index (Phi) is 7.63. The number of para-hydroxylation sites is 2. The lowest BCUT2D eigenvalue weighted by molar-refractivity contribution is -0.664. The van der Waals surface area contributed by atoms with Gasteiger partial charge in [-0.3, -0.25) is 0 Å². The van der Waals surface area contributed by atoms with Crippen molar-refractivity contribution in [3.63, 3.8) is 0 Å². The summed E-state index contributed by atoms with van der Waals surface area (Å²) >= 11 is 0. The Labute approximate surface area is 146 Å². The number of quaternary nitrogens is 1. The Balaban J connectivity index is 1.95. The molecule has 130 valence electrons. The first-order valence-corrected chi connectivity index (χ1v) is 9.19. The van der Waals surface area contributed by atoms with Crippen LogP contribution in [0.2, 0.25) is 0 Å². The van der Waals surface area contributed by atoms with Gasteiger partial charge in [-0.15, -0.1) is 0 Å². The molecule has 0 radical (unpaired) electrons. The molecule has 0 fully saturated rings. The average molecular weight is 327 g/mol. The van der Waals surface area contributed by atoms with E-state index >= 15 is 0 Å².